The van der Waals surface area contributed by atoms with Gasteiger partial charge < -0.3 is 5.11 Å². The number of rotatable bonds is 3. The summed E-state index contributed by atoms with van der Waals surface area (Å²) in [5, 5.41) is 9.90. The molecule has 1 aromatic heterocycles. The molecule has 2 aromatic rings. The highest BCUT2D eigenvalue weighted by Crippen LogP contribution is 2.37. The van der Waals surface area contributed by atoms with Crippen LogP contribution in [-0.4, -0.2) is 15.1 Å². The van der Waals surface area contributed by atoms with Gasteiger partial charge in [0.05, 0.1) is 17.6 Å². The summed E-state index contributed by atoms with van der Waals surface area (Å²) in [5.74, 6) is 0.250. The summed E-state index contributed by atoms with van der Waals surface area (Å²) < 4.78 is 0. The first kappa shape index (κ1) is 15.0. The van der Waals surface area contributed by atoms with Crippen molar-refractivity contribution in [1.29, 1.82) is 0 Å². The zero-order chi connectivity index (χ0) is 15.4. The molecule has 3 rings (SSSR count). The number of nitrogens with zero attached hydrogens (tertiary/aromatic N) is 2. The maximum Gasteiger partial charge on any atom is 0.125 e. The van der Waals surface area contributed by atoms with Crippen molar-refractivity contribution in [3.05, 3.63) is 42.4 Å². The van der Waals surface area contributed by atoms with E-state index in [1.807, 2.05) is 24.4 Å². The van der Waals surface area contributed by atoms with E-state index in [9.17, 15) is 5.11 Å². The van der Waals surface area contributed by atoms with E-state index in [2.05, 4.69) is 16.9 Å². The molecule has 0 radical (unpaired) electrons. The van der Waals surface area contributed by atoms with Crippen LogP contribution in [0.5, 0.6) is 5.75 Å². The molecule has 1 aliphatic carbocycles. The summed E-state index contributed by atoms with van der Waals surface area (Å²) in [6.07, 6.45) is 12.6. The topological polar surface area (TPSA) is 46.0 Å². The van der Waals surface area contributed by atoms with E-state index in [1.54, 1.807) is 12.3 Å². The van der Waals surface area contributed by atoms with Crippen LogP contribution in [0, 0.1) is 5.41 Å². The Morgan fingerprint density at radius 3 is 2.36 bits per heavy atom. The number of phenolic OH excluding ortho intramolecular Hbond substituents is 1. The minimum Gasteiger partial charge on any atom is -0.507 e. The predicted molar refractivity (Wildman–Crippen MR) is 88.6 cm³/mol. The fourth-order valence-electron chi connectivity index (χ4n) is 3.47. The van der Waals surface area contributed by atoms with E-state index in [4.69, 9.17) is 0 Å². The first-order valence-electron chi connectivity index (χ1n) is 8.26. The van der Waals surface area contributed by atoms with Crippen LogP contribution in [0.1, 0.15) is 51.1 Å². The lowest BCUT2D eigenvalue weighted by Crippen LogP contribution is -2.19. The van der Waals surface area contributed by atoms with Gasteiger partial charge in [-0.2, -0.15) is 0 Å². The Kier molecular flexibility index (Phi) is 4.41. The van der Waals surface area contributed by atoms with Gasteiger partial charge in [0.15, 0.2) is 0 Å². The standard InChI is InChI=1S/C19H24N2O/c1-19(10-6-2-3-7-11-19)12-15-13-21-17(14-20-15)16-8-4-5-9-18(16)22/h4-5,8-9,13-14,22H,2-3,6-7,10-12H2,1H3. The summed E-state index contributed by atoms with van der Waals surface area (Å²) in [5.41, 5.74) is 2.89. The van der Waals surface area contributed by atoms with Crippen molar-refractivity contribution < 1.29 is 5.11 Å². The largest absolute Gasteiger partial charge is 0.507 e. The lowest BCUT2D eigenvalue weighted by molar-refractivity contribution is 0.272. The zero-order valence-electron chi connectivity index (χ0n) is 13.3. The van der Waals surface area contributed by atoms with Gasteiger partial charge in [-0.25, -0.2) is 0 Å². The van der Waals surface area contributed by atoms with Crippen molar-refractivity contribution in [2.24, 2.45) is 5.41 Å². The molecule has 3 nitrogen and oxygen atoms in total. The Hall–Kier alpha value is -1.90. The molecule has 1 N–H and O–H groups in total. The fraction of sp³-hybridized carbons (Fsp3) is 0.474. The van der Waals surface area contributed by atoms with Gasteiger partial charge in [0.1, 0.15) is 5.75 Å². The molecule has 1 saturated carbocycles. The molecule has 1 fully saturated rings. The Bertz CT molecular complexity index is 614. The predicted octanol–water partition coefficient (Wildman–Crippen LogP) is 4.75. The summed E-state index contributed by atoms with van der Waals surface area (Å²) in [4.78, 5) is 9.10. The van der Waals surface area contributed by atoms with Crippen LogP contribution in [0.25, 0.3) is 11.3 Å². The second-order valence-electron chi connectivity index (χ2n) is 6.81. The van der Waals surface area contributed by atoms with Gasteiger partial charge in [-0.15, -0.1) is 0 Å². The van der Waals surface area contributed by atoms with Gasteiger partial charge in [-0.3, -0.25) is 9.97 Å². The molecule has 1 aromatic carbocycles. The van der Waals surface area contributed by atoms with E-state index in [0.29, 0.717) is 5.41 Å². The van der Waals surface area contributed by atoms with Crippen molar-refractivity contribution in [2.45, 2.75) is 51.9 Å². The van der Waals surface area contributed by atoms with Crippen LogP contribution in [0.4, 0.5) is 0 Å². The number of benzene rings is 1. The van der Waals surface area contributed by atoms with Crippen molar-refractivity contribution >= 4 is 0 Å². The number of aromatic nitrogens is 2. The molecular formula is C19H24N2O. The number of para-hydroxylation sites is 1. The van der Waals surface area contributed by atoms with Crippen LogP contribution in [-0.2, 0) is 6.42 Å². The van der Waals surface area contributed by atoms with Crippen LogP contribution in [0.3, 0.4) is 0 Å². The Labute approximate surface area is 132 Å². The van der Waals surface area contributed by atoms with Gasteiger partial charge in [-0.05, 0) is 36.8 Å². The third kappa shape index (κ3) is 3.46. The Morgan fingerprint density at radius 1 is 1.00 bits per heavy atom. The Morgan fingerprint density at radius 2 is 1.73 bits per heavy atom. The van der Waals surface area contributed by atoms with Crippen LogP contribution < -0.4 is 0 Å². The van der Waals surface area contributed by atoms with Gasteiger partial charge in [0.2, 0.25) is 0 Å². The lowest BCUT2D eigenvalue weighted by atomic mass is 9.78. The average Bonchev–Trinajstić information content (AvgIpc) is 2.73. The van der Waals surface area contributed by atoms with Gasteiger partial charge in [-0.1, -0.05) is 44.7 Å². The smallest absolute Gasteiger partial charge is 0.125 e. The highest BCUT2D eigenvalue weighted by molar-refractivity contribution is 5.65. The molecule has 1 heterocycles. The molecule has 0 bridgehead atoms. The van der Waals surface area contributed by atoms with Crippen molar-refractivity contribution in [2.75, 3.05) is 0 Å². The third-order valence-electron chi connectivity index (χ3n) is 4.80. The van der Waals surface area contributed by atoms with Crippen molar-refractivity contribution in [1.82, 2.24) is 9.97 Å². The first-order chi connectivity index (χ1) is 10.7. The molecule has 0 unspecified atom stereocenters. The van der Waals surface area contributed by atoms with E-state index >= 15 is 0 Å². The second-order valence-corrected chi connectivity index (χ2v) is 6.81. The maximum absolute atomic E-state index is 9.90. The van der Waals surface area contributed by atoms with E-state index in [0.717, 1.165) is 23.4 Å². The fourth-order valence-corrected chi connectivity index (χ4v) is 3.47. The molecule has 0 amide bonds. The van der Waals surface area contributed by atoms with E-state index < -0.39 is 0 Å². The molecule has 0 atom stereocenters. The molecule has 1 aliphatic rings. The SMILES string of the molecule is CC1(Cc2cnc(-c3ccccc3O)cn2)CCCCCC1. The summed E-state index contributed by atoms with van der Waals surface area (Å²) in [6, 6.07) is 7.26. The molecule has 22 heavy (non-hydrogen) atoms. The molecule has 3 heteroatoms. The van der Waals surface area contributed by atoms with Gasteiger partial charge in [0, 0.05) is 11.8 Å². The summed E-state index contributed by atoms with van der Waals surface area (Å²) >= 11 is 0. The van der Waals surface area contributed by atoms with Crippen molar-refractivity contribution in [3.8, 4) is 17.0 Å². The number of phenols is 1. The molecule has 0 spiro atoms. The Balaban J connectivity index is 1.75. The molecule has 116 valence electrons. The number of hydrogen-bond acceptors (Lipinski definition) is 3. The van der Waals surface area contributed by atoms with Gasteiger partial charge >= 0.3 is 0 Å². The molecular weight excluding hydrogens is 272 g/mol. The molecule has 0 saturated heterocycles. The van der Waals surface area contributed by atoms with Crippen LogP contribution in [0.2, 0.25) is 0 Å². The summed E-state index contributed by atoms with van der Waals surface area (Å²) in [7, 11) is 0. The highest BCUT2D eigenvalue weighted by Gasteiger charge is 2.26. The normalized spacial score (nSPS) is 17.9. The quantitative estimate of drug-likeness (QED) is 0.831. The van der Waals surface area contributed by atoms with E-state index in [1.165, 1.54) is 38.5 Å². The minimum absolute atomic E-state index is 0.250. The highest BCUT2D eigenvalue weighted by atomic mass is 16.3. The van der Waals surface area contributed by atoms with E-state index in [-0.39, 0.29) is 5.75 Å². The maximum atomic E-state index is 9.90. The lowest BCUT2D eigenvalue weighted by Gasteiger charge is -2.27. The number of hydrogen-bond donors (Lipinski definition) is 1. The van der Waals surface area contributed by atoms with Crippen LogP contribution >= 0.6 is 0 Å². The van der Waals surface area contributed by atoms with Crippen LogP contribution in [0.15, 0.2) is 36.7 Å². The zero-order valence-corrected chi connectivity index (χ0v) is 13.3. The van der Waals surface area contributed by atoms with Crippen molar-refractivity contribution in [3.63, 3.8) is 0 Å². The first-order valence-corrected chi connectivity index (χ1v) is 8.26. The third-order valence-corrected chi connectivity index (χ3v) is 4.80. The average molecular weight is 296 g/mol. The van der Waals surface area contributed by atoms with Gasteiger partial charge in [0.25, 0.3) is 0 Å². The minimum atomic E-state index is 0.250. The monoisotopic (exact) mass is 296 g/mol. The number of aromatic hydroxyl groups is 1. The molecule has 0 aliphatic heterocycles. The second kappa shape index (κ2) is 6.47. The summed E-state index contributed by atoms with van der Waals surface area (Å²) in [6.45, 7) is 2.39.